The Morgan fingerprint density at radius 2 is 1.96 bits per heavy atom. The van der Waals surface area contributed by atoms with E-state index in [1.54, 1.807) is 30.2 Å². The second-order valence-electron chi connectivity index (χ2n) is 6.18. The molecule has 0 bridgehead atoms. The van der Waals surface area contributed by atoms with Gasteiger partial charge in [-0.1, -0.05) is 57.0 Å². The van der Waals surface area contributed by atoms with Crippen LogP contribution in [0.2, 0.25) is 0 Å². The fourth-order valence-corrected chi connectivity index (χ4v) is 3.77. The molecule has 0 radical (unpaired) electrons. The average Bonchev–Trinajstić information content (AvgIpc) is 2.65. The van der Waals surface area contributed by atoms with Crippen LogP contribution < -0.4 is 5.73 Å². The topological polar surface area (TPSA) is 56.0 Å². The Labute approximate surface area is 149 Å². The Morgan fingerprint density at radius 1 is 1.21 bits per heavy atom. The van der Waals surface area contributed by atoms with E-state index in [2.05, 4.69) is 18.8 Å². The highest BCUT2D eigenvalue weighted by Gasteiger charge is 2.23. The molecule has 2 rings (SSSR count). The van der Waals surface area contributed by atoms with Crippen molar-refractivity contribution in [2.45, 2.75) is 50.0 Å². The molecule has 3 nitrogen and oxygen atoms in total. The maximum atomic E-state index is 12.8. The van der Waals surface area contributed by atoms with Crippen LogP contribution in [0.1, 0.15) is 55.5 Å². The lowest BCUT2D eigenvalue weighted by Gasteiger charge is -2.28. The molecule has 0 amide bonds. The molecule has 2 aromatic rings. The van der Waals surface area contributed by atoms with Gasteiger partial charge in [0, 0.05) is 39.7 Å². The third kappa shape index (κ3) is 4.92. The lowest BCUT2D eigenvalue weighted by Crippen LogP contribution is -2.41. The van der Waals surface area contributed by atoms with Crippen LogP contribution in [-0.4, -0.2) is 22.1 Å². The molecule has 128 valence electrons. The van der Waals surface area contributed by atoms with Crippen molar-refractivity contribution in [3.63, 3.8) is 0 Å². The third-order valence-corrected chi connectivity index (χ3v) is 5.67. The quantitative estimate of drug-likeness (QED) is 0.530. The van der Waals surface area contributed by atoms with Gasteiger partial charge < -0.3 is 5.73 Å². The summed E-state index contributed by atoms with van der Waals surface area (Å²) >= 11 is 1.64. The van der Waals surface area contributed by atoms with Gasteiger partial charge in [-0.05, 0) is 18.9 Å². The summed E-state index contributed by atoms with van der Waals surface area (Å²) in [6, 6.07) is 11.2. The number of carbonyl (C=O) groups is 1. The number of nitrogens with zero attached hydrogens (tertiary/aromatic N) is 1. The van der Waals surface area contributed by atoms with E-state index in [9.17, 15) is 4.79 Å². The van der Waals surface area contributed by atoms with Crippen molar-refractivity contribution in [1.82, 2.24) is 4.98 Å². The van der Waals surface area contributed by atoms with Gasteiger partial charge in [-0.2, -0.15) is 0 Å². The maximum absolute atomic E-state index is 12.8. The summed E-state index contributed by atoms with van der Waals surface area (Å²) in [5.74, 6) is 0.831. The number of benzene rings is 1. The van der Waals surface area contributed by atoms with E-state index in [0.29, 0.717) is 11.1 Å². The van der Waals surface area contributed by atoms with Gasteiger partial charge in [-0.3, -0.25) is 9.78 Å². The first-order valence-corrected chi connectivity index (χ1v) is 9.53. The summed E-state index contributed by atoms with van der Waals surface area (Å²) in [6.45, 7) is 4.32. The van der Waals surface area contributed by atoms with Crippen LogP contribution in [0.5, 0.6) is 0 Å². The van der Waals surface area contributed by atoms with E-state index >= 15 is 0 Å². The lowest BCUT2D eigenvalue weighted by molar-refractivity contribution is 0.103. The predicted octanol–water partition coefficient (Wildman–Crippen LogP) is 4.70. The number of thioether (sulfide) groups is 1. The van der Waals surface area contributed by atoms with E-state index < -0.39 is 0 Å². The monoisotopic (exact) mass is 342 g/mol. The third-order valence-electron chi connectivity index (χ3n) is 4.31. The molecule has 4 heteroatoms. The summed E-state index contributed by atoms with van der Waals surface area (Å²) in [6.07, 6.45) is 7.67. The van der Waals surface area contributed by atoms with Crippen LogP contribution in [0.3, 0.4) is 0 Å². The Balaban J connectivity index is 2.16. The molecule has 0 saturated heterocycles. The van der Waals surface area contributed by atoms with Crippen LogP contribution >= 0.6 is 11.8 Å². The molecule has 1 heterocycles. The normalized spacial score (nSPS) is 13.5. The molecule has 0 spiro atoms. The van der Waals surface area contributed by atoms with Gasteiger partial charge in [-0.15, -0.1) is 11.8 Å². The SMILES string of the molecule is CCCCC(N)(CC)CSc1cnccc1C(=O)c1ccccc1. The minimum absolute atomic E-state index is 0.0354. The van der Waals surface area contributed by atoms with Crippen molar-refractivity contribution in [2.75, 3.05) is 5.75 Å². The molecule has 2 N–H and O–H groups in total. The van der Waals surface area contributed by atoms with E-state index in [0.717, 1.165) is 36.3 Å². The minimum Gasteiger partial charge on any atom is -0.324 e. The van der Waals surface area contributed by atoms with Crippen molar-refractivity contribution < 1.29 is 4.79 Å². The van der Waals surface area contributed by atoms with E-state index in [1.165, 1.54) is 0 Å². The average molecular weight is 343 g/mol. The molecule has 1 unspecified atom stereocenters. The van der Waals surface area contributed by atoms with Crippen molar-refractivity contribution in [3.05, 3.63) is 59.9 Å². The summed E-state index contributed by atoms with van der Waals surface area (Å²) in [7, 11) is 0. The zero-order valence-electron chi connectivity index (χ0n) is 14.5. The Bertz CT molecular complexity index is 660. The minimum atomic E-state index is -0.191. The Hall–Kier alpha value is -1.65. The molecule has 0 saturated carbocycles. The first kappa shape index (κ1) is 18.7. The van der Waals surface area contributed by atoms with Gasteiger partial charge in [0.25, 0.3) is 0 Å². The molecule has 1 aromatic heterocycles. The fourth-order valence-electron chi connectivity index (χ4n) is 2.53. The van der Waals surface area contributed by atoms with Crippen molar-refractivity contribution in [2.24, 2.45) is 5.73 Å². The highest BCUT2D eigenvalue weighted by molar-refractivity contribution is 7.99. The number of carbonyl (C=O) groups excluding carboxylic acids is 1. The maximum Gasteiger partial charge on any atom is 0.194 e. The number of nitrogens with two attached hydrogens (primary N) is 1. The van der Waals surface area contributed by atoms with Crippen LogP contribution in [0, 0.1) is 0 Å². The van der Waals surface area contributed by atoms with E-state index in [1.807, 2.05) is 30.3 Å². The summed E-state index contributed by atoms with van der Waals surface area (Å²) in [5.41, 5.74) is 7.76. The van der Waals surface area contributed by atoms with Gasteiger partial charge in [0.05, 0.1) is 0 Å². The number of rotatable bonds is 9. The highest BCUT2D eigenvalue weighted by Crippen LogP contribution is 2.29. The predicted molar refractivity (Wildman–Crippen MR) is 102 cm³/mol. The fraction of sp³-hybridized carbons (Fsp3) is 0.400. The molecule has 1 aromatic carbocycles. The molecule has 0 aliphatic heterocycles. The van der Waals surface area contributed by atoms with Crippen LogP contribution in [0.25, 0.3) is 0 Å². The number of unbranched alkanes of at least 4 members (excludes halogenated alkanes) is 1. The zero-order valence-corrected chi connectivity index (χ0v) is 15.3. The van der Waals surface area contributed by atoms with Crippen LogP contribution in [-0.2, 0) is 0 Å². The molecule has 1 atom stereocenters. The van der Waals surface area contributed by atoms with E-state index in [-0.39, 0.29) is 11.3 Å². The number of aromatic nitrogens is 1. The molecule has 0 fully saturated rings. The number of ketones is 1. The zero-order chi connectivity index (χ0) is 17.4. The van der Waals surface area contributed by atoms with Crippen molar-refractivity contribution >= 4 is 17.5 Å². The molecule has 0 aliphatic carbocycles. The van der Waals surface area contributed by atoms with Gasteiger partial charge in [0.2, 0.25) is 0 Å². The molecular formula is C20H26N2OS. The standard InChI is InChI=1S/C20H26N2OS/c1-3-5-12-20(21,4-2)15-24-18-14-22-13-11-17(18)19(23)16-9-7-6-8-10-16/h6-11,13-14H,3-5,12,15,21H2,1-2H3. The Kier molecular flexibility index (Phi) is 7.00. The number of pyridine rings is 1. The van der Waals surface area contributed by atoms with Crippen LogP contribution in [0.4, 0.5) is 0 Å². The lowest BCUT2D eigenvalue weighted by atomic mass is 9.93. The Morgan fingerprint density at radius 3 is 2.62 bits per heavy atom. The highest BCUT2D eigenvalue weighted by atomic mass is 32.2. The molecule has 24 heavy (non-hydrogen) atoms. The molecule has 0 aliphatic rings. The first-order valence-electron chi connectivity index (χ1n) is 8.55. The van der Waals surface area contributed by atoms with Gasteiger partial charge >= 0.3 is 0 Å². The second-order valence-corrected chi connectivity index (χ2v) is 7.19. The number of hydrogen-bond donors (Lipinski definition) is 1. The van der Waals surface area contributed by atoms with Crippen molar-refractivity contribution in [1.29, 1.82) is 0 Å². The largest absolute Gasteiger partial charge is 0.324 e. The van der Waals surface area contributed by atoms with E-state index in [4.69, 9.17) is 5.73 Å². The van der Waals surface area contributed by atoms with Gasteiger partial charge in [-0.25, -0.2) is 0 Å². The second kappa shape index (κ2) is 9.00. The molecular weight excluding hydrogens is 316 g/mol. The number of hydrogen-bond acceptors (Lipinski definition) is 4. The van der Waals surface area contributed by atoms with Gasteiger partial charge in [0.15, 0.2) is 5.78 Å². The smallest absolute Gasteiger partial charge is 0.194 e. The van der Waals surface area contributed by atoms with Crippen molar-refractivity contribution in [3.8, 4) is 0 Å². The summed E-state index contributed by atoms with van der Waals surface area (Å²) in [5, 5.41) is 0. The summed E-state index contributed by atoms with van der Waals surface area (Å²) in [4.78, 5) is 17.9. The summed E-state index contributed by atoms with van der Waals surface area (Å²) < 4.78 is 0. The van der Waals surface area contributed by atoms with Crippen LogP contribution in [0.15, 0.2) is 53.7 Å². The first-order chi connectivity index (χ1) is 11.6. The van der Waals surface area contributed by atoms with Gasteiger partial charge in [0.1, 0.15) is 0 Å².